The molecule has 2 nitrogen and oxygen atoms in total. The van der Waals surface area contributed by atoms with E-state index in [-0.39, 0.29) is 5.91 Å². The minimum absolute atomic E-state index is 0.00843. The Morgan fingerprint density at radius 2 is 2.00 bits per heavy atom. The van der Waals surface area contributed by atoms with Crippen LogP contribution in [0.3, 0.4) is 0 Å². The zero-order valence-corrected chi connectivity index (χ0v) is 13.3. The molecule has 1 heterocycles. The second-order valence-electron chi connectivity index (χ2n) is 5.24. The average Bonchev–Trinajstić information content (AvgIpc) is 2.80. The summed E-state index contributed by atoms with van der Waals surface area (Å²) >= 11 is 1.57. The summed E-state index contributed by atoms with van der Waals surface area (Å²) in [4.78, 5) is 14.4. The van der Waals surface area contributed by atoms with Crippen LogP contribution in [-0.2, 0) is 6.42 Å². The van der Waals surface area contributed by atoms with E-state index in [0.717, 1.165) is 17.0 Å². The third-order valence-electron chi connectivity index (χ3n) is 3.46. The van der Waals surface area contributed by atoms with Crippen LogP contribution in [0.4, 0.5) is 5.69 Å². The lowest BCUT2D eigenvalue weighted by atomic mass is 10.0. The first-order valence-electron chi connectivity index (χ1n) is 7.02. The van der Waals surface area contributed by atoms with Crippen molar-refractivity contribution >= 4 is 22.9 Å². The Morgan fingerprint density at radius 3 is 2.60 bits per heavy atom. The summed E-state index contributed by atoms with van der Waals surface area (Å²) < 4.78 is 0. The standard InChI is InChI=1S/C17H21NOS/c1-5-13-10-16(20-12(13)4)17(19)18-15-9-7-6-8-14(15)11(2)3/h6-11H,5H2,1-4H3,(H,18,19). The van der Waals surface area contributed by atoms with Crippen LogP contribution in [0, 0.1) is 6.92 Å². The van der Waals surface area contributed by atoms with E-state index in [1.54, 1.807) is 11.3 Å². The Bertz CT molecular complexity index is 613. The fourth-order valence-corrected chi connectivity index (χ4v) is 3.29. The summed E-state index contributed by atoms with van der Waals surface area (Å²) in [7, 11) is 0. The predicted molar refractivity (Wildman–Crippen MR) is 86.9 cm³/mol. The Kier molecular flexibility index (Phi) is 4.61. The molecule has 2 aromatic rings. The highest BCUT2D eigenvalue weighted by Crippen LogP contribution is 2.26. The van der Waals surface area contributed by atoms with Gasteiger partial charge in [-0.25, -0.2) is 0 Å². The normalized spacial score (nSPS) is 10.8. The molecule has 106 valence electrons. The SMILES string of the molecule is CCc1cc(C(=O)Nc2ccccc2C(C)C)sc1C. The zero-order valence-electron chi connectivity index (χ0n) is 12.5. The number of rotatable bonds is 4. The molecule has 1 N–H and O–H groups in total. The van der Waals surface area contributed by atoms with E-state index in [1.165, 1.54) is 16.0 Å². The van der Waals surface area contributed by atoms with Crippen molar-refractivity contribution in [2.45, 2.75) is 40.0 Å². The zero-order chi connectivity index (χ0) is 14.7. The van der Waals surface area contributed by atoms with Crippen molar-refractivity contribution < 1.29 is 4.79 Å². The number of benzene rings is 1. The topological polar surface area (TPSA) is 29.1 Å². The Balaban J connectivity index is 2.23. The van der Waals surface area contributed by atoms with Gasteiger partial charge in [-0.2, -0.15) is 0 Å². The molecule has 0 saturated heterocycles. The number of aryl methyl sites for hydroxylation is 2. The van der Waals surface area contributed by atoms with Gasteiger partial charge in [0.1, 0.15) is 0 Å². The van der Waals surface area contributed by atoms with Crippen LogP contribution in [0.1, 0.15) is 52.4 Å². The van der Waals surface area contributed by atoms with Gasteiger partial charge in [0.15, 0.2) is 0 Å². The molecule has 2 rings (SSSR count). The number of amides is 1. The van der Waals surface area contributed by atoms with E-state index in [2.05, 4.69) is 39.1 Å². The quantitative estimate of drug-likeness (QED) is 0.843. The van der Waals surface area contributed by atoms with Gasteiger partial charge in [-0.15, -0.1) is 11.3 Å². The molecule has 0 aliphatic rings. The molecule has 0 aliphatic heterocycles. The third kappa shape index (κ3) is 3.10. The van der Waals surface area contributed by atoms with Crippen LogP contribution in [0.2, 0.25) is 0 Å². The van der Waals surface area contributed by atoms with Crippen LogP contribution < -0.4 is 5.32 Å². The lowest BCUT2D eigenvalue weighted by Gasteiger charge is -2.12. The second-order valence-corrected chi connectivity index (χ2v) is 6.50. The molecule has 1 aromatic carbocycles. The van der Waals surface area contributed by atoms with Crippen molar-refractivity contribution in [2.75, 3.05) is 5.32 Å². The molecular weight excluding hydrogens is 266 g/mol. The van der Waals surface area contributed by atoms with E-state index >= 15 is 0 Å². The molecule has 1 amide bonds. The maximum atomic E-state index is 12.4. The van der Waals surface area contributed by atoms with Crippen molar-refractivity contribution in [3.05, 3.63) is 51.2 Å². The number of hydrogen-bond donors (Lipinski definition) is 1. The van der Waals surface area contributed by atoms with E-state index in [1.807, 2.05) is 24.3 Å². The Hall–Kier alpha value is -1.61. The van der Waals surface area contributed by atoms with Crippen molar-refractivity contribution in [1.82, 2.24) is 0 Å². The summed E-state index contributed by atoms with van der Waals surface area (Å²) in [6.07, 6.45) is 0.970. The maximum absolute atomic E-state index is 12.4. The molecular formula is C17H21NOS. The van der Waals surface area contributed by atoms with Gasteiger partial charge < -0.3 is 5.32 Å². The summed E-state index contributed by atoms with van der Waals surface area (Å²) in [5, 5.41) is 3.04. The second kappa shape index (κ2) is 6.23. The maximum Gasteiger partial charge on any atom is 0.265 e. The predicted octanol–water partition coefficient (Wildman–Crippen LogP) is 4.99. The third-order valence-corrected chi connectivity index (χ3v) is 4.55. The first-order valence-corrected chi connectivity index (χ1v) is 7.84. The van der Waals surface area contributed by atoms with Gasteiger partial charge in [0.25, 0.3) is 5.91 Å². The number of thiophene rings is 1. The first-order chi connectivity index (χ1) is 9.52. The Morgan fingerprint density at radius 1 is 1.30 bits per heavy atom. The van der Waals surface area contributed by atoms with Crippen molar-refractivity contribution in [3.8, 4) is 0 Å². The molecule has 1 aromatic heterocycles. The molecule has 0 bridgehead atoms. The van der Waals surface area contributed by atoms with Gasteiger partial charge >= 0.3 is 0 Å². The highest BCUT2D eigenvalue weighted by Gasteiger charge is 2.14. The van der Waals surface area contributed by atoms with Crippen LogP contribution in [-0.4, -0.2) is 5.91 Å². The number of nitrogens with one attached hydrogen (secondary N) is 1. The number of para-hydroxylation sites is 1. The van der Waals surface area contributed by atoms with Crippen LogP contribution >= 0.6 is 11.3 Å². The summed E-state index contributed by atoms with van der Waals surface area (Å²) in [6.45, 7) is 8.46. The minimum Gasteiger partial charge on any atom is -0.321 e. The molecule has 3 heteroatoms. The molecule has 0 atom stereocenters. The van der Waals surface area contributed by atoms with E-state index in [9.17, 15) is 4.79 Å². The molecule has 0 saturated carbocycles. The number of carbonyl (C=O) groups is 1. The minimum atomic E-state index is -0.00843. The summed E-state index contributed by atoms with van der Waals surface area (Å²) in [5.74, 6) is 0.383. The van der Waals surface area contributed by atoms with Crippen molar-refractivity contribution in [2.24, 2.45) is 0 Å². The average molecular weight is 287 g/mol. The first kappa shape index (κ1) is 14.8. The molecule has 0 spiro atoms. The van der Waals surface area contributed by atoms with Crippen LogP contribution in [0.25, 0.3) is 0 Å². The molecule has 0 aliphatic carbocycles. The smallest absolute Gasteiger partial charge is 0.265 e. The van der Waals surface area contributed by atoms with Crippen LogP contribution in [0.5, 0.6) is 0 Å². The highest BCUT2D eigenvalue weighted by molar-refractivity contribution is 7.14. The van der Waals surface area contributed by atoms with E-state index < -0.39 is 0 Å². The van der Waals surface area contributed by atoms with Gasteiger partial charge in [-0.05, 0) is 42.5 Å². The lowest BCUT2D eigenvalue weighted by Crippen LogP contribution is -2.12. The Labute approximate surface area is 124 Å². The molecule has 20 heavy (non-hydrogen) atoms. The van der Waals surface area contributed by atoms with E-state index in [4.69, 9.17) is 0 Å². The van der Waals surface area contributed by atoms with E-state index in [0.29, 0.717) is 5.92 Å². The number of anilines is 1. The highest BCUT2D eigenvalue weighted by atomic mass is 32.1. The van der Waals surface area contributed by atoms with Gasteiger partial charge in [0, 0.05) is 10.6 Å². The molecule has 0 fully saturated rings. The van der Waals surface area contributed by atoms with Crippen molar-refractivity contribution in [1.29, 1.82) is 0 Å². The van der Waals surface area contributed by atoms with Crippen LogP contribution in [0.15, 0.2) is 30.3 Å². The number of hydrogen-bond acceptors (Lipinski definition) is 2. The van der Waals surface area contributed by atoms with Gasteiger partial charge in [-0.1, -0.05) is 39.0 Å². The molecule has 0 unspecified atom stereocenters. The van der Waals surface area contributed by atoms with Gasteiger partial charge in [0.05, 0.1) is 4.88 Å². The number of carbonyl (C=O) groups excluding carboxylic acids is 1. The van der Waals surface area contributed by atoms with Gasteiger partial charge in [0.2, 0.25) is 0 Å². The molecule has 0 radical (unpaired) electrons. The fraction of sp³-hybridized carbons (Fsp3) is 0.353. The summed E-state index contributed by atoms with van der Waals surface area (Å²) in [5.41, 5.74) is 3.35. The monoisotopic (exact) mass is 287 g/mol. The fourth-order valence-electron chi connectivity index (χ4n) is 2.28. The van der Waals surface area contributed by atoms with Crippen molar-refractivity contribution in [3.63, 3.8) is 0 Å². The largest absolute Gasteiger partial charge is 0.321 e. The lowest BCUT2D eigenvalue weighted by molar-refractivity contribution is 0.103. The summed E-state index contributed by atoms with van der Waals surface area (Å²) in [6, 6.07) is 10.0. The van der Waals surface area contributed by atoms with Gasteiger partial charge in [-0.3, -0.25) is 4.79 Å².